The second-order valence-electron chi connectivity index (χ2n) is 11.6. The molecule has 11 nitrogen and oxygen atoms in total. The van der Waals surface area contributed by atoms with Gasteiger partial charge in [0.15, 0.2) is 0 Å². The number of rotatable bonds is 14. The summed E-state index contributed by atoms with van der Waals surface area (Å²) in [5, 5.41) is 15.2. The summed E-state index contributed by atoms with van der Waals surface area (Å²) in [5.41, 5.74) is 1.29. The van der Waals surface area contributed by atoms with Gasteiger partial charge >= 0.3 is 0 Å². The van der Waals surface area contributed by atoms with Gasteiger partial charge in [0.2, 0.25) is 11.8 Å². The quantitative estimate of drug-likeness (QED) is 0.114. The lowest BCUT2D eigenvalue weighted by Gasteiger charge is -2.34. The number of nitrogens with one attached hydrogen (secondary N) is 1. The van der Waals surface area contributed by atoms with Crippen LogP contribution in [0.15, 0.2) is 95.9 Å². The van der Waals surface area contributed by atoms with Crippen molar-refractivity contribution in [2.45, 2.75) is 50.7 Å². The van der Waals surface area contributed by atoms with Crippen molar-refractivity contribution in [2.24, 2.45) is 0 Å². The molecule has 0 aromatic heterocycles. The van der Waals surface area contributed by atoms with Gasteiger partial charge in [-0.2, -0.15) is 0 Å². The Bertz CT molecular complexity index is 1920. The van der Waals surface area contributed by atoms with Gasteiger partial charge in [-0.25, -0.2) is 8.42 Å². The van der Waals surface area contributed by atoms with Crippen LogP contribution in [0.4, 0.5) is 11.4 Å². The smallest absolute Gasteiger partial charge is 0.273 e. The fraction of sp³-hybridized carbons (Fsp3) is 0.257. The lowest BCUT2D eigenvalue weighted by Crippen LogP contribution is -2.54. The minimum absolute atomic E-state index is 0.0955. The van der Waals surface area contributed by atoms with E-state index in [0.717, 1.165) is 15.9 Å². The van der Waals surface area contributed by atoms with E-state index in [-0.39, 0.29) is 40.2 Å². The van der Waals surface area contributed by atoms with E-state index in [0.29, 0.717) is 16.3 Å². The molecule has 0 heterocycles. The Morgan fingerprint density at radius 2 is 1.59 bits per heavy atom. The molecular weight excluding hydrogens is 691 g/mol. The van der Waals surface area contributed by atoms with E-state index in [4.69, 9.17) is 27.9 Å². The maximum Gasteiger partial charge on any atom is 0.273 e. The average molecular weight is 728 g/mol. The lowest BCUT2D eigenvalue weighted by atomic mass is 10.0. The van der Waals surface area contributed by atoms with E-state index in [1.807, 2.05) is 30.3 Å². The molecule has 0 saturated heterocycles. The Hall–Kier alpha value is -4.65. The largest absolute Gasteiger partial charge is 0.497 e. The van der Waals surface area contributed by atoms with Crippen molar-refractivity contribution in [3.63, 3.8) is 0 Å². The number of amides is 2. The Kier molecular flexibility index (Phi) is 12.3. The van der Waals surface area contributed by atoms with Gasteiger partial charge in [-0.15, -0.1) is 0 Å². The summed E-state index contributed by atoms with van der Waals surface area (Å²) in [4.78, 5) is 40.4. The van der Waals surface area contributed by atoms with Crippen LogP contribution in [0, 0.1) is 17.0 Å². The topological polar surface area (TPSA) is 139 Å². The molecule has 49 heavy (non-hydrogen) atoms. The second-order valence-corrected chi connectivity index (χ2v) is 14.2. The van der Waals surface area contributed by atoms with Crippen molar-refractivity contribution in [2.75, 3.05) is 18.0 Å². The molecule has 1 atom stereocenters. The maximum absolute atomic E-state index is 14.6. The van der Waals surface area contributed by atoms with Crippen molar-refractivity contribution in [1.29, 1.82) is 0 Å². The number of nitrogens with zero attached hydrogens (tertiary/aromatic N) is 3. The van der Waals surface area contributed by atoms with Gasteiger partial charge in [0, 0.05) is 30.6 Å². The zero-order valence-electron chi connectivity index (χ0n) is 27.3. The molecule has 0 aliphatic carbocycles. The molecule has 4 aromatic carbocycles. The van der Waals surface area contributed by atoms with Crippen LogP contribution in [0.2, 0.25) is 10.0 Å². The molecular formula is C35H36Cl2N4O7S. The average Bonchev–Trinajstić information content (AvgIpc) is 3.06. The molecule has 4 rings (SSSR count). The second kappa shape index (κ2) is 16.2. The number of aryl methyl sites for hydroxylation is 1. The molecule has 0 fully saturated rings. The SMILES string of the molecule is COc1ccc(N(CC(=O)N(Cc2ccc(Cl)c(Cl)c2)[C@H](Cc2ccccc2)C(=O)NC(C)C)S(=O)(=O)c2ccc(C)c([N+](=O)[O-])c2)cc1. The van der Waals surface area contributed by atoms with E-state index in [2.05, 4.69) is 5.32 Å². The maximum atomic E-state index is 14.6. The number of benzene rings is 4. The van der Waals surface area contributed by atoms with E-state index >= 15 is 0 Å². The normalized spacial score (nSPS) is 11.9. The summed E-state index contributed by atoms with van der Waals surface area (Å²) in [7, 11) is -3.13. The third kappa shape index (κ3) is 9.28. The van der Waals surface area contributed by atoms with Gasteiger partial charge in [-0.3, -0.25) is 24.0 Å². The molecule has 258 valence electrons. The fourth-order valence-corrected chi connectivity index (χ4v) is 6.88. The lowest BCUT2D eigenvalue weighted by molar-refractivity contribution is -0.385. The molecule has 4 aromatic rings. The molecule has 0 radical (unpaired) electrons. The first-order valence-corrected chi connectivity index (χ1v) is 17.4. The van der Waals surface area contributed by atoms with Crippen LogP contribution in [0.5, 0.6) is 5.75 Å². The molecule has 14 heteroatoms. The number of ether oxygens (including phenoxy) is 1. The molecule has 0 saturated carbocycles. The highest BCUT2D eigenvalue weighted by atomic mass is 35.5. The number of sulfonamides is 1. The Balaban J connectivity index is 1.86. The van der Waals surface area contributed by atoms with Gasteiger partial charge in [0.25, 0.3) is 15.7 Å². The molecule has 0 aliphatic heterocycles. The number of nitro groups is 1. The van der Waals surface area contributed by atoms with Crippen LogP contribution in [0.25, 0.3) is 0 Å². The van der Waals surface area contributed by atoms with E-state index < -0.39 is 45.0 Å². The number of halogens is 2. The summed E-state index contributed by atoms with van der Waals surface area (Å²) in [6, 6.07) is 22.1. The number of hydrogen-bond donors (Lipinski definition) is 1. The monoisotopic (exact) mass is 726 g/mol. The fourth-order valence-electron chi connectivity index (χ4n) is 5.12. The van der Waals surface area contributed by atoms with Crippen LogP contribution >= 0.6 is 23.2 Å². The third-order valence-electron chi connectivity index (χ3n) is 7.64. The van der Waals surface area contributed by atoms with Crippen LogP contribution < -0.4 is 14.4 Å². The van der Waals surface area contributed by atoms with Gasteiger partial charge in [0.1, 0.15) is 18.3 Å². The summed E-state index contributed by atoms with van der Waals surface area (Å²) in [6.07, 6.45) is 0.117. The highest BCUT2D eigenvalue weighted by Gasteiger charge is 2.35. The third-order valence-corrected chi connectivity index (χ3v) is 10.2. The van der Waals surface area contributed by atoms with Crippen LogP contribution in [-0.4, -0.2) is 55.8 Å². The number of carbonyl (C=O) groups excluding carboxylic acids is 2. The number of carbonyl (C=O) groups is 2. The first kappa shape index (κ1) is 37.2. The predicted octanol–water partition coefficient (Wildman–Crippen LogP) is 6.58. The minimum atomic E-state index is -4.58. The molecule has 0 unspecified atom stereocenters. The summed E-state index contributed by atoms with van der Waals surface area (Å²) in [6.45, 7) is 4.21. The first-order valence-electron chi connectivity index (χ1n) is 15.2. The molecule has 2 amide bonds. The molecule has 0 aliphatic rings. The summed E-state index contributed by atoms with van der Waals surface area (Å²) in [5.74, 6) is -0.722. The van der Waals surface area contributed by atoms with Crippen molar-refractivity contribution in [3.05, 3.63) is 128 Å². The predicted molar refractivity (Wildman–Crippen MR) is 190 cm³/mol. The molecule has 0 spiro atoms. The van der Waals surface area contributed by atoms with Gasteiger partial charge < -0.3 is 15.0 Å². The molecule has 0 bridgehead atoms. The number of hydrogen-bond acceptors (Lipinski definition) is 7. The van der Waals surface area contributed by atoms with Crippen molar-refractivity contribution in [3.8, 4) is 5.75 Å². The van der Waals surface area contributed by atoms with Crippen LogP contribution in [-0.2, 0) is 32.6 Å². The van der Waals surface area contributed by atoms with E-state index in [1.54, 1.807) is 32.0 Å². The van der Waals surface area contributed by atoms with Crippen molar-refractivity contribution in [1.82, 2.24) is 10.2 Å². The standard InChI is InChI=1S/C35H36Cl2N4O7S/c1-23(2)38-35(43)33(19-25-8-6-5-7-9-25)39(21-26-11-17-30(36)31(37)18-26)34(42)22-40(27-12-14-28(48-4)15-13-27)49(46,47)29-16-10-24(3)32(20-29)41(44)45/h5-18,20,23,33H,19,21-22H2,1-4H3,(H,38,43)/t33-/m1/s1. The number of methoxy groups -OCH3 is 1. The van der Waals surface area contributed by atoms with Crippen molar-refractivity contribution < 1.29 is 27.7 Å². The Labute approximate surface area is 295 Å². The summed E-state index contributed by atoms with van der Waals surface area (Å²) < 4.78 is 34.7. The Morgan fingerprint density at radius 1 is 0.918 bits per heavy atom. The zero-order chi connectivity index (χ0) is 35.9. The van der Waals surface area contributed by atoms with Gasteiger partial charge in [-0.1, -0.05) is 65.7 Å². The van der Waals surface area contributed by atoms with Gasteiger partial charge in [-0.05, 0) is 74.4 Å². The van der Waals surface area contributed by atoms with Crippen LogP contribution in [0.3, 0.4) is 0 Å². The van der Waals surface area contributed by atoms with E-state index in [1.165, 1.54) is 55.3 Å². The summed E-state index contributed by atoms with van der Waals surface area (Å²) >= 11 is 12.5. The van der Waals surface area contributed by atoms with Crippen LogP contribution in [0.1, 0.15) is 30.5 Å². The highest BCUT2D eigenvalue weighted by Crippen LogP contribution is 2.30. The zero-order valence-corrected chi connectivity index (χ0v) is 29.6. The van der Waals surface area contributed by atoms with Gasteiger partial charge in [0.05, 0.1) is 32.7 Å². The van der Waals surface area contributed by atoms with E-state index in [9.17, 15) is 28.1 Å². The minimum Gasteiger partial charge on any atom is -0.497 e. The number of anilines is 1. The highest BCUT2D eigenvalue weighted by molar-refractivity contribution is 7.92. The van der Waals surface area contributed by atoms with Crippen molar-refractivity contribution >= 4 is 56.4 Å². The Morgan fingerprint density at radius 3 is 2.18 bits per heavy atom. The number of nitro benzene ring substituents is 1. The first-order chi connectivity index (χ1) is 23.2. The molecule has 1 N–H and O–H groups in total.